The van der Waals surface area contributed by atoms with Crippen LogP contribution < -0.4 is 4.72 Å². The van der Waals surface area contributed by atoms with Crippen molar-refractivity contribution in [3.05, 3.63) is 42.5 Å². The number of fused-ring (bicyclic) bond motifs is 1. The third-order valence-corrected chi connectivity index (χ3v) is 5.20. The summed E-state index contributed by atoms with van der Waals surface area (Å²) < 4.78 is 27.6. The second-order valence-electron chi connectivity index (χ2n) is 4.91. The number of benzene rings is 2. The van der Waals surface area contributed by atoms with Crippen LogP contribution in [0.5, 0.6) is 0 Å². The molecule has 5 heteroatoms. The third-order valence-electron chi connectivity index (χ3n) is 3.26. The number of nitrogens with one attached hydrogen (secondary N) is 1. The molecule has 0 aliphatic carbocycles. The number of hydrogen-bond acceptors (Lipinski definition) is 2. The predicted octanol–water partition coefficient (Wildman–Crippen LogP) is 3.54. The summed E-state index contributed by atoms with van der Waals surface area (Å²) in [5.41, 5.74) is 0. The monoisotopic (exact) mass is 355 g/mol. The predicted molar refractivity (Wildman–Crippen MR) is 86.7 cm³/mol. The zero-order chi connectivity index (χ0) is 14.6. The van der Waals surface area contributed by atoms with Crippen molar-refractivity contribution in [2.24, 2.45) is 5.92 Å². The fourth-order valence-electron chi connectivity index (χ4n) is 2.05. The van der Waals surface area contributed by atoms with Gasteiger partial charge in [0.05, 0.1) is 4.90 Å². The Balaban J connectivity index is 2.28. The minimum atomic E-state index is -3.47. The van der Waals surface area contributed by atoms with Gasteiger partial charge in [-0.25, -0.2) is 13.1 Å². The summed E-state index contributed by atoms with van der Waals surface area (Å²) in [6, 6.07) is 12.9. The van der Waals surface area contributed by atoms with Crippen molar-refractivity contribution >= 4 is 36.7 Å². The van der Waals surface area contributed by atoms with Gasteiger partial charge in [-0.2, -0.15) is 0 Å². The summed E-state index contributed by atoms with van der Waals surface area (Å²) in [5.74, 6) is 0.305. The van der Waals surface area contributed by atoms with Crippen LogP contribution >= 0.6 is 15.9 Å². The van der Waals surface area contributed by atoms with Crippen molar-refractivity contribution in [1.82, 2.24) is 4.72 Å². The molecule has 1 unspecified atom stereocenters. The average Bonchev–Trinajstić information content (AvgIpc) is 2.45. The van der Waals surface area contributed by atoms with Crippen LogP contribution in [0.4, 0.5) is 0 Å². The Labute approximate surface area is 128 Å². The Morgan fingerprint density at radius 3 is 2.60 bits per heavy atom. The molecule has 0 aliphatic rings. The molecule has 0 saturated heterocycles. The molecule has 1 atom stereocenters. The molecule has 0 amide bonds. The summed E-state index contributed by atoms with van der Waals surface area (Å²) in [6.45, 7) is 2.49. The Hall–Kier alpha value is -0.910. The van der Waals surface area contributed by atoms with Gasteiger partial charge in [-0.15, -0.1) is 0 Å². The lowest BCUT2D eigenvalue weighted by Gasteiger charge is -2.13. The van der Waals surface area contributed by atoms with Crippen molar-refractivity contribution in [1.29, 1.82) is 0 Å². The first-order valence-corrected chi connectivity index (χ1v) is 9.18. The molecule has 108 valence electrons. The minimum absolute atomic E-state index is 0.305. The molecule has 0 heterocycles. The molecule has 0 saturated carbocycles. The summed E-state index contributed by atoms with van der Waals surface area (Å²) in [5, 5.41) is 2.57. The first-order chi connectivity index (χ1) is 9.54. The topological polar surface area (TPSA) is 46.2 Å². The van der Waals surface area contributed by atoms with Crippen LogP contribution in [-0.4, -0.2) is 20.3 Å². The number of rotatable bonds is 6. The molecular formula is C15H18BrNO2S. The fraction of sp³-hybridized carbons (Fsp3) is 0.333. The zero-order valence-corrected chi connectivity index (χ0v) is 13.7. The van der Waals surface area contributed by atoms with Crippen LogP contribution in [0, 0.1) is 5.92 Å². The van der Waals surface area contributed by atoms with Crippen LogP contribution in [0.25, 0.3) is 10.8 Å². The van der Waals surface area contributed by atoms with E-state index in [4.69, 9.17) is 0 Å². The maximum Gasteiger partial charge on any atom is 0.241 e. The Morgan fingerprint density at radius 2 is 1.85 bits per heavy atom. The van der Waals surface area contributed by atoms with E-state index in [1.165, 1.54) is 0 Å². The highest BCUT2D eigenvalue weighted by Crippen LogP contribution is 2.22. The van der Waals surface area contributed by atoms with Gasteiger partial charge in [0.2, 0.25) is 10.0 Å². The molecule has 0 aliphatic heterocycles. The Morgan fingerprint density at radius 1 is 1.15 bits per heavy atom. The molecule has 0 radical (unpaired) electrons. The van der Waals surface area contributed by atoms with E-state index in [1.807, 2.05) is 37.3 Å². The van der Waals surface area contributed by atoms with Crippen LogP contribution in [0.1, 0.15) is 13.3 Å². The van der Waals surface area contributed by atoms with E-state index in [2.05, 4.69) is 20.7 Å². The average molecular weight is 356 g/mol. The van der Waals surface area contributed by atoms with Crippen LogP contribution in [0.15, 0.2) is 47.4 Å². The normalized spacial score (nSPS) is 13.5. The van der Waals surface area contributed by atoms with Crippen LogP contribution in [0.2, 0.25) is 0 Å². The van der Waals surface area contributed by atoms with Crippen molar-refractivity contribution in [3.63, 3.8) is 0 Å². The number of sulfonamides is 1. The van der Waals surface area contributed by atoms with Gasteiger partial charge in [0.15, 0.2) is 0 Å². The maximum absolute atomic E-state index is 12.4. The molecular weight excluding hydrogens is 338 g/mol. The molecule has 2 aromatic rings. The Kier molecular flexibility index (Phi) is 5.18. The van der Waals surface area contributed by atoms with E-state index in [0.29, 0.717) is 17.4 Å². The zero-order valence-electron chi connectivity index (χ0n) is 11.3. The summed E-state index contributed by atoms with van der Waals surface area (Å²) >= 11 is 3.37. The maximum atomic E-state index is 12.4. The smallest absolute Gasteiger partial charge is 0.211 e. The first-order valence-electron chi connectivity index (χ1n) is 6.58. The highest BCUT2D eigenvalue weighted by atomic mass is 79.9. The van der Waals surface area contributed by atoms with E-state index < -0.39 is 10.0 Å². The summed E-state index contributed by atoms with van der Waals surface area (Å²) in [4.78, 5) is 0.349. The second-order valence-corrected chi connectivity index (χ2v) is 7.44. The lowest BCUT2D eigenvalue weighted by molar-refractivity contribution is 0.532. The lowest BCUT2D eigenvalue weighted by Crippen LogP contribution is -2.28. The molecule has 2 rings (SSSR count). The van der Waals surface area contributed by atoms with Gasteiger partial charge in [-0.3, -0.25) is 0 Å². The van der Waals surface area contributed by atoms with Gasteiger partial charge < -0.3 is 0 Å². The summed E-state index contributed by atoms with van der Waals surface area (Å²) in [7, 11) is -3.47. The number of halogens is 1. The standard InChI is InChI=1S/C15H18BrNO2S/c1-12(9-10-16)11-17-20(18,19)15-8-4-6-13-5-2-3-7-14(13)15/h2-8,12,17H,9-11H2,1H3. The van der Waals surface area contributed by atoms with E-state index in [1.54, 1.807) is 12.1 Å². The van der Waals surface area contributed by atoms with E-state index in [9.17, 15) is 8.42 Å². The molecule has 0 aromatic heterocycles. The van der Waals surface area contributed by atoms with Gasteiger partial charge >= 0.3 is 0 Å². The minimum Gasteiger partial charge on any atom is -0.211 e. The molecule has 20 heavy (non-hydrogen) atoms. The van der Waals surface area contributed by atoms with E-state index in [0.717, 1.165) is 22.5 Å². The molecule has 1 N–H and O–H groups in total. The van der Waals surface area contributed by atoms with Gasteiger partial charge in [0, 0.05) is 17.3 Å². The lowest BCUT2D eigenvalue weighted by atomic mass is 10.1. The van der Waals surface area contributed by atoms with Gasteiger partial charge in [0.25, 0.3) is 0 Å². The largest absolute Gasteiger partial charge is 0.241 e. The molecule has 2 aromatic carbocycles. The van der Waals surface area contributed by atoms with E-state index >= 15 is 0 Å². The Bertz CT molecular complexity index is 680. The highest BCUT2D eigenvalue weighted by molar-refractivity contribution is 9.09. The SMILES string of the molecule is CC(CCBr)CNS(=O)(=O)c1cccc2ccccc12. The first kappa shape index (κ1) is 15.5. The summed E-state index contributed by atoms with van der Waals surface area (Å²) in [6.07, 6.45) is 0.943. The van der Waals surface area contributed by atoms with Crippen LogP contribution in [-0.2, 0) is 10.0 Å². The number of alkyl halides is 1. The third kappa shape index (κ3) is 3.59. The van der Waals surface area contributed by atoms with Crippen molar-refractivity contribution in [2.75, 3.05) is 11.9 Å². The van der Waals surface area contributed by atoms with Crippen LogP contribution in [0.3, 0.4) is 0 Å². The molecule has 0 spiro atoms. The van der Waals surface area contributed by atoms with Gasteiger partial charge in [-0.05, 0) is 23.8 Å². The number of hydrogen-bond donors (Lipinski definition) is 1. The van der Waals surface area contributed by atoms with Gasteiger partial charge in [0.1, 0.15) is 0 Å². The fourth-order valence-corrected chi connectivity index (χ4v) is 4.22. The molecule has 0 fully saturated rings. The highest BCUT2D eigenvalue weighted by Gasteiger charge is 2.17. The second kappa shape index (κ2) is 6.70. The molecule has 3 nitrogen and oxygen atoms in total. The molecule has 0 bridgehead atoms. The van der Waals surface area contributed by atoms with Crippen molar-refractivity contribution < 1.29 is 8.42 Å². The van der Waals surface area contributed by atoms with Gasteiger partial charge in [-0.1, -0.05) is 59.3 Å². The quantitative estimate of drug-likeness (QED) is 0.805. The van der Waals surface area contributed by atoms with Crippen molar-refractivity contribution in [3.8, 4) is 0 Å². The van der Waals surface area contributed by atoms with E-state index in [-0.39, 0.29) is 0 Å². The van der Waals surface area contributed by atoms with Crippen molar-refractivity contribution in [2.45, 2.75) is 18.2 Å².